The predicted molar refractivity (Wildman–Crippen MR) is 63.1 cm³/mol. The van der Waals surface area contributed by atoms with E-state index in [-0.39, 0.29) is 29.6 Å². The van der Waals surface area contributed by atoms with E-state index in [1.807, 2.05) is 0 Å². The molecule has 0 aliphatic carbocycles. The molecule has 0 aromatic carbocycles. The van der Waals surface area contributed by atoms with E-state index in [1.54, 1.807) is 36.5 Å². The number of allylic oxidation sites excluding steroid dienone is 4. The average molecular weight is 287 g/mol. The van der Waals surface area contributed by atoms with Gasteiger partial charge in [0, 0.05) is 0 Å². The number of carbonyl (C=O) groups is 2. The molecule has 0 aromatic heterocycles. The van der Waals surface area contributed by atoms with Crippen LogP contribution in [0.1, 0.15) is 6.42 Å². The molecule has 2 heterocycles. The Morgan fingerprint density at radius 3 is 1.65 bits per heavy atom. The summed E-state index contributed by atoms with van der Waals surface area (Å²) < 4.78 is 19.7. The molecule has 2 atom stereocenters. The van der Waals surface area contributed by atoms with E-state index in [2.05, 4.69) is 0 Å². The molecule has 0 saturated carbocycles. The first-order valence-corrected chi connectivity index (χ1v) is 5.60. The Balaban J connectivity index is 0.00000200. The van der Waals surface area contributed by atoms with E-state index in [0.29, 0.717) is 0 Å². The van der Waals surface area contributed by atoms with Crippen molar-refractivity contribution in [1.82, 2.24) is 0 Å². The summed E-state index contributed by atoms with van der Waals surface area (Å²) in [7, 11) is 0. The van der Waals surface area contributed by atoms with E-state index in [4.69, 9.17) is 18.9 Å². The Morgan fingerprint density at radius 2 is 1.30 bits per heavy atom. The topological polar surface area (TPSA) is 71.1 Å². The van der Waals surface area contributed by atoms with Gasteiger partial charge in [0.25, 0.3) is 12.6 Å². The molecule has 0 saturated heterocycles. The number of rotatable bonds is 4. The molecule has 7 heteroatoms. The van der Waals surface area contributed by atoms with E-state index in [0.717, 1.165) is 0 Å². The third-order valence-electron chi connectivity index (χ3n) is 2.13. The van der Waals surface area contributed by atoms with E-state index < -0.39 is 30.9 Å². The second-order valence-electron chi connectivity index (χ2n) is 3.59. The number of hydrogen-bond acceptors (Lipinski definition) is 6. The van der Waals surface area contributed by atoms with Crippen molar-refractivity contribution in [2.45, 2.75) is 19.0 Å². The van der Waals surface area contributed by atoms with Gasteiger partial charge in [0.1, 0.15) is 6.42 Å². The minimum absolute atomic E-state index is 0. The molecule has 2 aliphatic heterocycles. The Hall–Kier alpha value is -1.50. The van der Waals surface area contributed by atoms with Crippen LogP contribution in [0.5, 0.6) is 0 Å². The fourth-order valence-electron chi connectivity index (χ4n) is 1.33. The van der Waals surface area contributed by atoms with Gasteiger partial charge < -0.3 is 18.9 Å². The molecule has 6 nitrogen and oxygen atoms in total. The maximum atomic E-state index is 11.4. The van der Waals surface area contributed by atoms with Crippen molar-refractivity contribution < 1.29 is 58.1 Å². The quantitative estimate of drug-likeness (QED) is 0.349. The number of hydrogen-bond donors (Lipinski definition) is 0. The summed E-state index contributed by atoms with van der Waals surface area (Å²) in [6.07, 6.45) is 10.4. The van der Waals surface area contributed by atoms with Crippen molar-refractivity contribution in [1.29, 1.82) is 0 Å². The molecule has 20 heavy (non-hydrogen) atoms. The summed E-state index contributed by atoms with van der Waals surface area (Å²) in [6, 6.07) is 0. The number of ether oxygens (including phenoxy) is 4. The molecule has 100 valence electrons. The van der Waals surface area contributed by atoms with Gasteiger partial charge in [-0.05, 0) is 24.3 Å². The van der Waals surface area contributed by atoms with Crippen molar-refractivity contribution >= 4 is 11.9 Å². The van der Waals surface area contributed by atoms with Gasteiger partial charge in [0.05, 0.1) is 12.5 Å². The second kappa shape index (κ2) is 8.63. The van der Waals surface area contributed by atoms with Gasteiger partial charge in [-0.15, -0.1) is 0 Å². The van der Waals surface area contributed by atoms with Crippen LogP contribution in [0.15, 0.2) is 49.0 Å². The minimum atomic E-state index is -0.806. The van der Waals surface area contributed by atoms with Gasteiger partial charge in [-0.25, -0.2) is 0 Å². The standard InChI is InChI=1S/C13H12O6.Na/c14-10(18-12-5-1-3-7-16-12)9-11(15)19-13-6-2-4-8-17-13;/h1-8,12-13H,9H2;/q;+1. The summed E-state index contributed by atoms with van der Waals surface area (Å²) >= 11 is 0. The molecule has 2 unspecified atom stereocenters. The van der Waals surface area contributed by atoms with Crippen LogP contribution in [0.2, 0.25) is 0 Å². The monoisotopic (exact) mass is 287 g/mol. The fraction of sp³-hybridized carbons (Fsp3) is 0.231. The third-order valence-corrected chi connectivity index (χ3v) is 2.13. The maximum absolute atomic E-state index is 11.4. The molecule has 2 aliphatic rings. The summed E-state index contributed by atoms with van der Waals surface area (Å²) in [5.74, 6) is -1.46. The molecule has 0 aromatic rings. The molecule has 0 N–H and O–H groups in total. The van der Waals surface area contributed by atoms with Gasteiger partial charge in [-0.2, -0.15) is 0 Å². The number of esters is 2. The fourth-order valence-corrected chi connectivity index (χ4v) is 1.33. The summed E-state index contributed by atoms with van der Waals surface area (Å²) in [5.41, 5.74) is 0. The molecule has 0 spiro atoms. The zero-order valence-corrected chi connectivity index (χ0v) is 12.9. The molecule has 0 bridgehead atoms. The van der Waals surface area contributed by atoms with Gasteiger partial charge >= 0.3 is 41.5 Å². The minimum Gasteiger partial charge on any atom is -0.459 e. The largest absolute Gasteiger partial charge is 1.00 e. The normalized spacial score (nSPS) is 22.2. The van der Waals surface area contributed by atoms with Crippen LogP contribution in [-0.4, -0.2) is 24.5 Å². The van der Waals surface area contributed by atoms with Gasteiger partial charge in [0.15, 0.2) is 0 Å². The molecule has 0 fully saturated rings. The maximum Gasteiger partial charge on any atom is 1.00 e. The molecule has 0 radical (unpaired) electrons. The second-order valence-corrected chi connectivity index (χ2v) is 3.59. The Labute approximate surface area is 138 Å². The summed E-state index contributed by atoms with van der Waals surface area (Å²) in [4.78, 5) is 22.9. The van der Waals surface area contributed by atoms with Crippen LogP contribution in [0.4, 0.5) is 0 Å². The van der Waals surface area contributed by atoms with Crippen LogP contribution in [-0.2, 0) is 28.5 Å². The van der Waals surface area contributed by atoms with Gasteiger partial charge in [-0.1, -0.05) is 12.2 Å². The first-order chi connectivity index (χ1) is 9.24. The summed E-state index contributed by atoms with van der Waals surface area (Å²) in [6.45, 7) is 0. The van der Waals surface area contributed by atoms with E-state index in [9.17, 15) is 9.59 Å². The SMILES string of the molecule is O=C(CC(=O)OC1C=CC=CO1)OC1C=CC=CO1.[Na+]. The van der Waals surface area contributed by atoms with Crippen LogP contribution >= 0.6 is 0 Å². The van der Waals surface area contributed by atoms with Crippen molar-refractivity contribution in [3.05, 3.63) is 49.0 Å². The van der Waals surface area contributed by atoms with Crippen molar-refractivity contribution in [3.63, 3.8) is 0 Å². The van der Waals surface area contributed by atoms with Gasteiger partial charge in [0.2, 0.25) is 0 Å². The zero-order chi connectivity index (χ0) is 13.5. The molecule has 2 rings (SSSR count). The zero-order valence-electron chi connectivity index (χ0n) is 10.9. The Morgan fingerprint density at radius 1 is 0.850 bits per heavy atom. The molecular weight excluding hydrogens is 275 g/mol. The smallest absolute Gasteiger partial charge is 0.459 e. The first-order valence-electron chi connectivity index (χ1n) is 5.60. The third kappa shape index (κ3) is 5.64. The molecule has 0 amide bonds. The Bertz CT molecular complexity index is 423. The predicted octanol–water partition coefficient (Wildman–Crippen LogP) is -1.68. The van der Waals surface area contributed by atoms with Crippen LogP contribution < -0.4 is 29.6 Å². The van der Waals surface area contributed by atoms with Crippen molar-refractivity contribution in [2.75, 3.05) is 0 Å². The van der Waals surface area contributed by atoms with Crippen LogP contribution in [0.25, 0.3) is 0 Å². The van der Waals surface area contributed by atoms with E-state index >= 15 is 0 Å². The number of carbonyl (C=O) groups excluding carboxylic acids is 2. The Kier molecular flexibility index (Phi) is 7.14. The average Bonchev–Trinajstić information content (AvgIpc) is 2.40. The van der Waals surface area contributed by atoms with E-state index in [1.165, 1.54) is 12.5 Å². The first kappa shape index (κ1) is 16.6. The van der Waals surface area contributed by atoms with Crippen LogP contribution in [0, 0.1) is 0 Å². The summed E-state index contributed by atoms with van der Waals surface area (Å²) in [5, 5.41) is 0. The molecular formula is C13H12NaO6+. The van der Waals surface area contributed by atoms with Gasteiger partial charge in [-0.3, -0.25) is 9.59 Å². The van der Waals surface area contributed by atoms with Crippen molar-refractivity contribution in [3.8, 4) is 0 Å². The van der Waals surface area contributed by atoms with Crippen LogP contribution in [0.3, 0.4) is 0 Å². The van der Waals surface area contributed by atoms with Crippen molar-refractivity contribution in [2.24, 2.45) is 0 Å².